The van der Waals surface area contributed by atoms with Crippen molar-refractivity contribution in [1.82, 2.24) is 4.98 Å². The number of benzene rings is 1. The van der Waals surface area contributed by atoms with Crippen molar-refractivity contribution in [3.63, 3.8) is 0 Å². The fourth-order valence-electron chi connectivity index (χ4n) is 2.07. The molecule has 0 radical (unpaired) electrons. The van der Waals surface area contributed by atoms with Crippen molar-refractivity contribution in [2.45, 2.75) is 32.8 Å². The average molecular weight is 241 g/mol. The van der Waals surface area contributed by atoms with Gasteiger partial charge in [0.2, 0.25) is 0 Å². The van der Waals surface area contributed by atoms with Crippen LogP contribution in [0.2, 0.25) is 0 Å². The van der Waals surface area contributed by atoms with Gasteiger partial charge in [0.1, 0.15) is 0 Å². The van der Waals surface area contributed by atoms with E-state index in [1.54, 1.807) is 12.4 Å². The van der Waals surface area contributed by atoms with E-state index in [1.165, 1.54) is 5.56 Å². The Hall–Kier alpha value is -1.67. The van der Waals surface area contributed by atoms with Gasteiger partial charge in [0, 0.05) is 24.4 Å². The lowest BCUT2D eigenvalue weighted by atomic mass is 9.98. The van der Waals surface area contributed by atoms with Gasteiger partial charge in [0.05, 0.1) is 6.10 Å². The lowest BCUT2D eigenvalue weighted by Crippen LogP contribution is -2.04. The molecule has 1 aromatic carbocycles. The molecule has 2 rings (SSSR count). The SMILES string of the molecule is CCc1ccc(CC(O)c2cnccc2C)cc1. The molecule has 2 heteroatoms. The molecule has 1 unspecified atom stereocenters. The number of pyridine rings is 1. The maximum absolute atomic E-state index is 10.2. The lowest BCUT2D eigenvalue weighted by Gasteiger charge is -2.13. The van der Waals surface area contributed by atoms with Gasteiger partial charge in [-0.3, -0.25) is 4.98 Å². The van der Waals surface area contributed by atoms with Crippen LogP contribution in [0, 0.1) is 6.92 Å². The molecule has 0 saturated carbocycles. The van der Waals surface area contributed by atoms with Gasteiger partial charge in [-0.05, 0) is 36.1 Å². The van der Waals surface area contributed by atoms with Crippen LogP contribution in [0.15, 0.2) is 42.7 Å². The molecule has 0 aliphatic carbocycles. The van der Waals surface area contributed by atoms with Crippen molar-refractivity contribution in [2.24, 2.45) is 0 Å². The lowest BCUT2D eigenvalue weighted by molar-refractivity contribution is 0.177. The summed E-state index contributed by atoms with van der Waals surface area (Å²) in [6, 6.07) is 10.4. The first-order valence-electron chi connectivity index (χ1n) is 6.37. The third kappa shape index (κ3) is 2.96. The topological polar surface area (TPSA) is 33.1 Å². The number of aliphatic hydroxyl groups excluding tert-OH is 1. The van der Waals surface area contributed by atoms with Crippen LogP contribution in [0.5, 0.6) is 0 Å². The maximum atomic E-state index is 10.2. The maximum Gasteiger partial charge on any atom is 0.0847 e. The first-order valence-corrected chi connectivity index (χ1v) is 6.37. The number of hydrogen-bond acceptors (Lipinski definition) is 2. The summed E-state index contributed by atoms with van der Waals surface area (Å²) in [6.45, 7) is 4.14. The zero-order valence-corrected chi connectivity index (χ0v) is 10.9. The predicted molar refractivity (Wildman–Crippen MR) is 73.5 cm³/mol. The van der Waals surface area contributed by atoms with Crippen molar-refractivity contribution < 1.29 is 5.11 Å². The summed E-state index contributed by atoms with van der Waals surface area (Å²) in [7, 11) is 0. The Kier molecular flexibility index (Phi) is 4.11. The normalized spacial score (nSPS) is 12.4. The standard InChI is InChI=1S/C16H19NO/c1-3-13-4-6-14(7-5-13)10-16(18)15-11-17-9-8-12(15)2/h4-9,11,16,18H,3,10H2,1-2H3. The number of aliphatic hydroxyl groups is 1. The van der Waals surface area contributed by atoms with Gasteiger partial charge < -0.3 is 5.11 Å². The smallest absolute Gasteiger partial charge is 0.0847 e. The molecule has 0 bridgehead atoms. The molecule has 1 aromatic heterocycles. The van der Waals surface area contributed by atoms with Crippen molar-refractivity contribution in [3.05, 3.63) is 65.0 Å². The zero-order valence-electron chi connectivity index (χ0n) is 10.9. The van der Waals surface area contributed by atoms with E-state index in [-0.39, 0.29) is 0 Å². The Balaban J connectivity index is 2.11. The molecule has 1 atom stereocenters. The van der Waals surface area contributed by atoms with E-state index in [0.29, 0.717) is 6.42 Å². The minimum atomic E-state index is -0.480. The molecule has 2 nitrogen and oxygen atoms in total. The second-order valence-corrected chi connectivity index (χ2v) is 4.62. The Morgan fingerprint density at radius 1 is 1.11 bits per heavy atom. The van der Waals surface area contributed by atoms with Gasteiger partial charge in [-0.25, -0.2) is 0 Å². The second kappa shape index (κ2) is 5.78. The number of rotatable bonds is 4. The number of aromatic nitrogens is 1. The van der Waals surface area contributed by atoms with Crippen LogP contribution in [-0.4, -0.2) is 10.1 Å². The predicted octanol–water partition coefficient (Wildman–Crippen LogP) is 3.23. The highest BCUT2D eigenvalue weighted by atomic mass is 16.3. The second-order valence-electron chi connectivity index (χ2n) is 4.62. The highest BCUT2D eigenvalue weighted by Gasteiger charge is 2.11. The van der Waals surface area contributed by atoms with Crippen LogP contribution in [0.4, 0.5) is 0 Å². The molecule has 0 fully saturated rings. The van der Waals surface area contributed by atoms with Crippen molar-refractivity contribution in [2.75, 3.05) is 0 Å². The van der Waals surface area contributed by atoms with Crippen molar-refractivity contribution in [1.29, 1.82) is 0 Å². The third-order valence-corrected chi connectivity index (χ3v) is 3.30. The van der Waals surface area contributed by atoms with E-state index in [2.05, 4.69) is 36.2 Å². The molecule has 1 N–H and O–H groups in total. The zero-order chi connectivity index (χ0) is 13.0. The molecule has 0 amide bonds. The molecule has 18 heavy (non-hydrogen) atoms. The molecule has 0 aliphatic rings. The summed E-state index contributed by atoms with van der Waals surface area (Å²) in [5.74, 6) is 0. The molecule has 0 saturated heterocycles. The molecule has 1 heterocycles. The minimum absolute atomic E-state index is 0.480. The van der Waals surface area contributed by atoms with E-state index >= 15 is 0 Å². The Morgan fingerprint density at radius 3 is 2.39 bits per heavy atom. The third-order valence-electron chi connectivity index (χ3n) is 3.30. The van der Waals surface area contributed by atoms with Crippen LogP contribution in [-0.2, 0) is 12.8 Å². The van der Waals surface area contributed by atoms with Gasteiger partial charge in [0.15, 0.2) is 0 Å². The number of aryl methyl sites for hydroxylation is 2. The Morgan fingerprint density at radius 2 is 1.78 bits per heavy atom. The summed E-state index contributed by atoms with van der Waals surface area (Å²) in [4.78, 5) is 4.08. The van der Waals surface area contributed by atoms with Crippen LogP contribution in [0.1, 0.15) is 35.3 Å². The molecule has 0 aliphatic heterocycles. The molecular formula is C16H19NO. The molecule has 0 spiro atoms. The van der Waals surface area contributed by atoms with Gasteiger partial charge in [-0.15, -0.1) is 0 Å². The van der Waals surface area contributed by atoms with E-state index in [1.807, 2.05) is 13.0 Å². The summed E-state index contributed by atoms with van der Waals surface area (Å²) in [5, 5.41) is 10.2. The van der Waals surface area contributed by atoms with Crippen LogP contribution >= 0.6 is 0 Å². The fourth-order valence-corrected chi connectivity index (χ4v) is 2.07. The van der Waals surface area contributed by atoms with Gasteiger partial charge in [0.25, 0.3) is 0 Å². The Bertz CT molecular complexity index is 505. The first-order chi connectivity index (χ1) is 8.70. The van der Waals surface area contributed by atoms with Crippen LogP contribution < -0.4 is 0 Å². The highest BCUT2D eigenvalue weighted by molar-refractivity contribution is 5.28. The van der Waals surface area contributed by atoms with Gasteiger partial charge in [-0.1, -0.05) is 31.2 Å². The van der Waals surface area contributed by atoms with Crippen molar-refractivity contribution in [3.8, 4) is 0 Å². The first kappa shape index (κ1) is 12.8. The van der Waals surface area contributed by atoms with Crippen LogP contribution in [0.25, 0.3) is 0 Å². The monoisotopic (exact) mass is 241 g/mol. The molecular weight excluding hydrogens is 222 g/mol. The quantitative estimate of drug-likeness (QED) is 0.891. The van der Waals surface area contributed by atoms with E-state index in [4.69, 9.17) is 0 Å². The summed E-state index contributed by atoms with van der Waals surface area (Å²) in [6.07, 6.45) is 4.70. The largest absolute Gasteiger partial charge is 0.388 e. The molecule has 94 valence electrons. The van der Waals surface area contributed by atoms with Gasteiger partial charge in [-0.2, -0.15) is 0 Å². The Labute approximate surface area is 108 Å². The van der Waals surface area contributed by atoms with Crippen LogP contribution in [0.3, 0.4) is 0 Å². The minimum Gasteiger partial charge on any atom is -0.388 e. The fraction of sp³-hybridized carbons (Fsp3) is 0.312. The number of nitrogens with zero attached hydrogens (tertiary/aromatic N) is 1. The average Bonchev–Trinajstić information content (AvgIpc) is 2.40. The summed E-state index contributed by atoms with van der Waals surface area (Å²) in [5.41, 5.74) is 4.48. The summed E-state index contributed by atoms with van der Waals surface area (Å²) < 4.78 is 0. The van der Waals surface area contributed by atoms with E-state index < -0.39 is 6.10 Å². The molecule has 2 aromatic rings. The van der Waals surface area contributed by atoms with Crippen molar-refractivity contribution >= 4 is 0 Å². The van der Waals surface area contributed by atoms with E-state index in [9.17, 15) is 5.11 Å². The van der Waals surface area contributed by atoms with Gasteiger partial charge >= 0.3 is 0 Å². The highest BCUT2D eigenvalue weighted by Crippen LogP contribution is 2.20. The number of hydrogen-bond donors (Lipinski definition) is 1. The van der Waals surface area contributed by atoms with E-state index in [0.717, 1.165) is 23.1 Å². The summed E-state index contributed by atoms with van der Waals surface area (Å²) >= 11 is 0.